The van der Waals surface area contributed by atoms with E-state index in [0.29, 0.717) is 12.0 Å². The molecule has 1 aromatic heterocycles. The Labute approximate surface area is 82.1 Å². The molecule has 0 aromatic carbocycles. The number of fused-ring (bicyclic) bond motifs is 1. The molecule has 1 N–H and O–H groups in total. The average molecular weight is 191 g/mol. The molecule has 0 bridgehead atoms. The van der Waals surface area contributed by atoms with Crippen molar-refractivity contribution < 1.29 is 4.52 Å². The fraction of sp³-hybridized carbons (Fsp3) is 0.800. The highest BCUT2D eigenvalue weighted by molar-refractivity contribution is 5.10. The number of piperidine rings is 1. The first-order valence-electron chi connectivity index (χ1n) is 5.50. The lowest BCUT2D eigenvalue weighted by atomic mass is 10.2. The second kappa shape index (κ2) is 2.37. The summed E-state index contributed by atoms with van der Waals surface area (Å²) < 4.78 is 5.30. The zero-order chi connectivity index (χ0) is 9.12. The van der Waals surface area contributed by atoms with E-state index in [2.05, 4.69) is 15.5 Å². The van der Waals surface area contributed by atoms with Gasteiger partial charge in [-0.1, -0.05) is 5.16 Å². The molecule has 1 aliphatic heterocycles. The predicted molar refractivity (Wildman–Crippen MR) is 48.7 cm³/mol. The van der Waals surface area contributed by atoms with Crippen LogP contribution in [0, 0.1) is 5.92 Å². The lowest BCUT2D eigenvalue weighted by molar-refractivity contribution is 0.332. The summed E-state index contributed by atoms with van der Waals surface area (Å²) in [5.41, 5.74) is 0. The van der Waals surface area contributed by atoms with E-state index in [1.54, 1.807) is 0 Å². The van der Waals surface area contributed by atoms with Crippen molar-refractivity contribution in [1.29, 1.82) is 0 Å². The summed E-state index contributed by atoms with van der Waals surface area (Å²) in [4.78, 5) is 4.47. The third-order valence-electron chi connectivity index (χ3n) is 3.57. The summed E-state index contributed by atoms with van der Waals surface area (Å²) in [5.74, 6) is 3.24. The zero-order valence-electron chi connectivity index (χ0n) is 7.94. The van der Waals surface area contributed by atoms with Crippen LogP contribution in [0.25, 0.3) is 0 Å². The summed E-state index contributed by atoms with van der Waals surface area (Å²) in [5, 5.41) is 7.56. The molecule has 1 aromatic rings. The SMILES string of the molecule is C1CC1c1noc([C@@H]2C[C@@H]3C[C@@H]3N2)n1. The van der Waals surface area contributed by atoms with E-state index in [1.165, 1.54) is 25.7 Å². The third-order valence-corrected chi connectivity index (χ3v) is 3.57. The van der Waals surface area contributed by atoms with Gasteiger partial charge in [-0.15, -0.1) is 0 Å². The van der Waals surface area contributed by atoms with Gasteiger partial charge in [0.25, 0.3) is 0 Å². The Morgan fingerprint density at radius 3 is 2.93 bits per heavy atom. The van der Waals surface area contributed by atoms with Gasteiger partial charge >= 0.3 is 0 Å². The molecule has 0 radical (unpaired) electrons. The zero-order valence-corrected chi connectivity index (χ0v) is 7.94. The van der Waals surface area contributed by atoms with Gasteiger partial charge < -0.3 is 9.84 Å². The van der Waals surface area contributed by atoms with Crippen LogP contribution in [0.15, 0.2) is 4.52 Å². The van der Waals surface area contributed by atoms with Crippen LogP contribution in [-0.2, 0) is 0 Å². The fourth-order valence-corrected chi connectivity index (χ4v) is 2.41. The lowest BCUT2D eigenvalue weighted by Gasteiger charge is -2.05. The van der Waals surface area contributed by atoms with Crippen LogP contribution < -0.4 is 5.32 Å². The van der Waals surface area contributed by atoms with Crippen LogP contribution in [0.5, 0.6) is 0 Å². The first-order valence-corrected chi connectivity index (χ1v) is 5.50. The minimum Gasteiger partial charge on any atom is -0.338 e. The molecule has 2 aliphatic carbocycles. The normalized spacial score (nSPS) is 39.9. The van der Waals surface area contributed by atoms with Crippen LogP contribution >= 0.6 is 0 Å². The topological polar surface area (TPSA) is 51.0 Å². The smallest absolute Gasteiger partial charge is 0.243 e. The van der Waals surface area contributed by atoms with Crippen molar-refractivity contribution in [3.8, 4) is 0 Å². The monoisotopic (exact) mass is 191 g/mol. The highest BCUT2D eigenvalue weighted by atomic mass is 16.5. The Bertz CT molecular complexity index is 361. The molecule has 1 saturated heterocycles. The first-order chi connectivity index (χ1) is 6.90. The van der Waals surface area contributed by atoms with Crippen molar-refractivity contribution in [1.82, 2.24) is 15.5 Å². The van der Waals surface area contributed by atoms with Gasteiger partial charge in [-0.25, -0.2) is 0 Å². The van der Waals surface area contributed by atoms with Gasteiger partial charge in [0.15, 0.2) is 5.82 Å². The summed E-state index contributed by atoms with van der Waals surface area (Å²) in [6.07, 6.45) is 5.02. The fourth-order valence-electron chi connectivity index (χ4n) is 2.41. The van der Waals surface area contributed by atoms with E-state index in [4.69, 9.17) is 4.52 Å². The molecular weight excluding hydrogens is 178 g/mol. The van der Waals surface area contributed by atoms with Crippen molar-refractivity contribution in [2.45, 2.75) is 43.7 Å². The number of nitrogens with one attached hydrogen (secondary N) is 1. The van der Waals surface area contributed by atoms with E-state index in [9.17, 15) is 0 Å². The molecule has 3 atom stereocenters. The molecule has 3 fully saturated rings. The molecule has 0 spiro atoms. The van der Waals surface area contributed by atoms with Crippen molar-refractivity contribution in [3.05, 3.63) is 11.7 Å². The first kappa shape index (κ1) is 7.40. The third kappa shape index (κ3) is 1.03. The van der Waals surface area contributed by atoms with E-state index in [1.807, 2.05) is 0 Å². The summed E-state index contributed by atoms with van der Waals surface area (Å²) >= 11 is 0. The summed E-state index contributed by atoms with van der Waals surface area (Å²) in [7, 11) is 0. The van der Waals surface area contributed by atoms with Gasteiger partial charge in [0.2, 0.25) is 5.89 Å². The number of rotatable bonds is 2. The van der Waals surface area contributed by atoms with Crippen molar-refractivity contribution in [2.75, 3.05) is 0 Å². The molecule has 2 heterocycles. The molecule has 3 aliphatic rings. The van der Waals surface area contributed by atoms with Gasteiger partial charge in [0, 0.05) is 12.0 Å². The van der Waals surface area contributed by atoms with Gasteiger partial charge in [0.05, 0.1) is 6.04 Å². The van der Waals surface area contributed by atoms with Gasteiger partial charge in [-0.2, -0.15) is 4.98 Å². The largest absolute Gasteiger partial charge is 0.338 e. The Hall–Kier alpha value is -0.900. The molecule has 4 rings (SSSR count). The van der Waals surface area contributed by atoms with Crippen molar-refractivity contribution in [3.63, 3.8) is 0 Å². The molecule has 14 heavy (non-hydrogen) atoms. The molecule has 4 heteroatoms. The van der Waals surface area contributed by atoms with Gasteiger partial charge in [0.1, 0.15) is 0 Å². The maximum atomic E-state index is 5.30. The maximum Gasteiger partial charge on any atom is 0.243 e. The Morgan fingerprint density at radius 2 is 2.21 bits per heavy atom. The number of aromatic nitrogens is 2. The number of hydrogen-bond acceptors (Lipinski definition) is 4. The standard InChI is InChI=1S/C10H13N3O/c1-2-5(1)9-12-10(14-13-9)8-4-6-3-7(6)11-8/h5-8,11H,1-4H2/t6-,7-,8-/m0/s1. The average Bonchev–Trinajstić information content (AvgIpc) is 3.10. The van der Waals surface area contributed by atoms with E-state index >= 15 is 0 Å². The maximum absolute atomic E-state index is 5.30. The quantitative estimate of drug-likeness (QED) is 0.767. The van der Waals surface area contributed by atoms with Crippen LogP contribution in [0.1, 0.15) is 49.4 Å². The molecule has 2 saturated carbocycles. The Kier molecular flexibility index (Phi) is 1.25. The van der Waals surface area contributed by atoms with E-state index in [0.717, 1.165) is 23.7 Å². The minimum atomic E-state index is 0.346. The highest BCUT2D eigenvalue weighted by Crippen LogP contribution is 2.46. The van der Waals surface area contributed by atoms with Gasteiger partial charge in [-0.05, 0) is 31.6 Å². The minimum absolute atomic E-state index is 0.346. The van der Waals surface area contributed by atoms with Crippen molar-refractivity contribution >= 4 is 0 Å². The summed E-state index contributed by atoms with van der Waals surface area (Å²) in [6, 6.07) is 1.09. The van der Waals surface area contributed by atoms with E-state index in [-0.39, 0.29) is 0 Å². The van der Waals surface area contributed by atoms with Crippen molar-refractivity contribution in [2.24, 2.45) is 5.92 Å². The molecular formula is C10H13N3O. The van der Waals surface area contributed by atoms with Crippen LogP contribution in [0.4, 0.5) is 0 Å². The second-order valence-corrected chi connectivity index (χ2v) is 4.82. The van der Waals surface area contributed by atoms with Crippen LogP contribution in [0.2, 0.25) is 0 Å². The number of nitrogens with zero attached hydrogens (tertiary/aromatic N) is 2. The van der Waals surface area contributed by atoms with Gasteiger partial charge in [-0.3, -0.25) is 0 Å². The van der Waals surface area contributed by atoms with Crippen LogP contribution in [0.3, 0.4) is 0 Å². The lowest BCUT2D eigenvalue weighted by Crippen LogP contribution is -2.17. The molecule has 74 valence electrons. The molecule has 4 nitrogen and oxygen atoms in total. The van der Waals surface area contributed by atoms with Crippen LogP contribution in [-0.4, -0.2) is 16.2 Å². The number of hydrogen-bond donors (Lipinski definition) is 1. The highest BCUT2D eigenvalue weighted by Gasteiger charge is 2.47. The molecule has 0 unspecified atom stereocenters. The molecule has 0 amide bonds. The summed E-state index contributed by atoms with van der Waals surface area (Å²) in [6.45, 7) is 0. The predicted octanol–water partition coefficient (Wildman–Crippen LogP) is 1.37. The van der Waals surface area contributed by atoms with E-state index < -0.39 is 0 Å². The Balaban J connectivity index is 1.57. The second-order valence-electron chi connectivity index (χ2n) is 4.82. The Morgan fingerprint density at radius 1 is 1.29 bits per heavy atom.